The Balaban J connectivity index is 1.58. The Hall–Kier alpha value is -3.10. The number of aryl methyl sites for hydroxylation is 2. The fourth-order valence-electron chi connectivity index (χ4n) is 3.83. The zero-order chi connectivity index (χ0) is 21.0. The molecule has 0 bridgehead atoms. The smallest absolute Gasteiger partial charge is 0.302 e. The molecule has 0 N–H and O–H groups in total. The molecule has 0 amide bonds. The number of nitro benzene ring substituents is 1. The number of ketones is 1. The van der Waals surface area contributed by atoms with Gasteiger partial charge in [0.15, 0.2) is 5.78 Å². The van der Waals surface area contributed by atoms with Crippen LogP contribution in [0.15, 0.2) is 24.4 Å². The van der Waals surface area contributed by atoms with Gasteiger partial charge in [-0.15, -0.1) is 5.10 Å². The lowest BCUT2D eigenvalue weighted by Crippen LogP contribution is -2.30. The van der Waals surface area contributed by atoms with Gasteiger partial charge >= 0.3 is 5.97 Å². The first-order valence-corrected chi connectivity index (χ1v) is 9.69. The second-order valence-corrected chi connectivity index (χ2v) is 7.40. The van der Waals surface area contributed by atoms with Crippen LogP contribution in [0.3, 0.4) is 0 Å². The van der Waals surface area contributed by atoms with Gasteiger partial charge in [-0.1, -0.05) is 11.6 Å². The number of carbonyl (C=O) groups is 2. The normalized spacial score (nSPS) is 16.5. The molecule has 9 nitrogen and oxygen atoms in total. The second kappa shape index (κ2) is 8.93. The maximum atomic E-state index is 12.8. The van der Waals surface area contributed by atoms with Gasteiger partial charge in [0.25, 0.3) is 5.69 Å². The van der Waals surface area contributed by atoms with Crippen molar-refractivity contribution in [1.29, 1.82) is 0 Å². The summed E-state index contributed by atoms with van der Waals surface area (Å²) >= 11 is 0. The zero-order valence-corrected chi connectivity index (χ0v) is 16.5. The molecule has 1 aromatic heterocycles. The number of nitro groups is 1. The molecule has 9 heteroatoms. The van der Waals surface area contributed by atoms with Crippen molar-refractivity contribution in [2.75, 3.05) is 0 Å². The predicted octanol–water partition coefficient (Wildman–Crippen LogP) is 2.81. The molecule has 1 aromatic carbocycles. The van der Waals surface area contributed by atoms with Crippen LogP contribution in [0, 0.1) is 16.0 Å². The molecule has 2 unspecified atom stereocenters. The number of benzene rings is 1. The summed E-state index contributed by atoms with van der Waals surface area (Å²) in [6, 6.07) is 4.28. The number of carbonyl (C=O) groups excluding carboxylic acids is 2. The van der Waals surface area contributed by atoms with Crippen LogP contribution < -0.4 is 0 Å². The Morgan fingerprint density at radius 2 is 2.17 bits per heavy atom. The average molecular weight is 400 g/mol. The first-order chi connectivity index (χ1) is 13.8. The zero-order valence-electron chi connectivity index (χ0n) is 16.5. The van der Waals surface area contributed by atoms with E-state index in [1.807, 2.05) is 13.2 Å². The number of fused-ring (bicyclic) bond motifs is 1. The van der Waals surface area contributed by atoms with Crippen LogP contribution in [0.25, 0.3) is 0 Å². The lowest BCUT2D eigenvalue weighted by Gasteiger charge is -2.22. The third kappa shape index (κ3) is 5.04. The molecular formula is C20H24N4O5. The van der Waals surface area contributed by atoms with E-state index < -0.39 is 22.9 Å². The second-order valence-electron chi connectivity index (χ2n) is 7.40. The predicted molar refractivity (Wildman–Crippen MR) is 103 cm³/mol. The van der Waals surface area contributed by atoms with Gasteiger partial charge < -0.3 is 4.74 Å². The van der Waals surface area contributed by atoms with E-state index in [0.717, 1.165) is 31.4 Å². The number of unbranched alkanes of at least 4 members (excludes halogenated alkanes) is 2. The lowest BCUT2D eigenvalue weighted by molar-refractivity contribution is -0.384. The standard InChI is InChI=1S/C20H24N4O5/c1-13(25)29-19(7-5-3-4-6-15-12-23(2)22-21-15)18-11-14-10-16(24(27)28)8-9-17(14)20(18)26/h8-10,12,18-19H,3-7,11H2,1-2H3. The van der Waals surface area contributed by atoms with Crippen LogP contribution in [-0.4, -0.2) is 37.8 Å². The van der Waals surface area contributed by atoms with Gasteiger partial charge in [0, 0.05) is 37.9 Å². The molecule has 154 valence electrons. The summed E-state index contributed by atoms with van der Waals surface area (Å²) in [6.07, 6.45) is 5.75. The number of hydrogen-bond donors (Lipinski definition) is 0. The van der Waals surface area contributed by atoms with Crippen molar-refractivity contribution in [3.63, 3.8) is 0 Å². The minimum absolute atomic E-state index is 0.0368. The van der Waals surface area contributed by atoms with Gasteiger partial charge in [0.2, 0.25) is 0 Å². The number of non-ortho nitro benzene ring substituents is 1. The van der Waals surface area contributed by atoms with E-state index in [2.05, 4.69) is 10.3 Å². The highest BCUT2D eigenvalue weighted by molar-refractivity contribution is 6.03. The highest BCUT2D eigenvalue weighted by Gasteiger charge is 2.38. The van der Waals surface area contributed by atoms with Crippen molar-refractivity contribution in [2.24, 2.45) is 13.0 Å². The SMILES string of the molecule is CC(=O)OC(CCCCCc1cn(C)nn1)C1Cc2cc([N+](=O)[O-])ccc2C1=O. The Kier molecular flexibility index (Phi) is 6.36. The highest BCUT2D eigenvalue weighted by atomic mass is 16.6. The van der Waals surface area contributed by atoms with Crippen LogP contribution >= 0.6 is 0 Å². The third-order valence-corrected chi connectivity index (χ3v) is 5.18. The summed E-state index contributed by atoms with van der Waals surface area (Å²) in [4.78, 5) is 34.9. The Morgan fingerprint density at radius 3 is 2.83 bits per heavy atom. The first kappa shape index (κ1) is 20.6. The van der Waals surface area contributed by atoms with Gasteiger partial charge in [0.1, 0.15) is 6.10 Å². The number of hydrogen-bond acceptors (Lipinski definition) is 7. The van der Waals surface area contributed by atoms with Crippen molar-refractivity contribution >= 4 is 17.4 Å². The Bertz CT molecular complexity index is 923. The topological polar surface area (TPSA) is 117 Å². The molecule has 0 saturated carbocycles. The van der Waals surface area contributed by atoms with Crippen LogP contribution in [0.4, 0.5) is 5.69 Å². The van der Waals surface area contributed by atoms with Crippen LogP contribution in [0.1, 0.15) is 54.2 Å². The lowest BCUT2D eigenvalue weighted by atomic mass is 9.93. The quantitative estimate of drug-likeness (QED) is 0.275. The van der Waals surface area contributed by atoms with Crippen LogP contribution in [0.5, 0.6) is 0 Å². The molecule has 1 aliphatic rings. The number of Topliss-reactive ketones (excluding diaryl/α,β-unsaturated/α-hetero) is 1. The average Bonchev–Trinajstić information content (AvgIpc) is 3.23. The summed E-state index contributed by atoms with van der Waals surface area (Å²) in [7, 11) is 1.82. The third-order valence-electron chi connectivity index (χ3n) is 5.18. The first-order valence-electron chi connectivity index (χ1n) is 9.69. The Labute approximate surface area is 168 Å². The largest absolute Gasteiger partial charge is 0.462 e. The van der Waals surface area contributed by atoms with Gasteiger partial charge in [0.05, 0.1) is 16.5 Å². The fourth-order valence-corrected chi connectivity index (χ4v) is 3.83. The number of aromatic nitrogens is 3. The monoisotopic (exact) mass is 400 g/mol. The summed E-state index contributed by atoms with van der Waals surface area (Å²) in [5.41, 5.74) is 2.03. The minimum atomic E-state index is -0.525. The van der Waals surface area contributed by atoms with Crippen molar-refractivity contribution in [1.82, 2.24) is 15.0 Å². The molecular weight excluding hydrogens is 376 g/mol. The van der Waals surface area contributed by atoms with Gasteiger partial charge in [-0.2, -0.15) is 0 Å². The van der Waals surface area contributed by atoms with E-state index in [0.29, 0.717) is 24.0 Å². The van der Waals surface area contributed by atoms with E-state index in [1.54, 1.807) is 4.68 Å². The van der Waals surface area contributed by atoms with Crippen molar-refractivity contribution in [3.05, 3.63) is 51.3 Å². The molecule has 0 fully saturated rings. The van der Waals surface area contributed by atoms with Crippen molar-refractivity contribution < 1.29 is 19.2 Å². The molecule has 0 saturated heterocycles. The number of esters is 1. The number of ether oxygens (including phenoxy) is 1. The van der Waals surface area contributed by atoms with E-state index in [1.165, 1.54) is 25.1 Å². The molecule has 3 rings (SSSR count). The van der Waals surface area contributed by atoms with E-state index in [9.17, 15) is 19.7 Å². The minimum Gasteiger partial charge on any atom is -0.462 e. The van der Waals surface area contributed by atoms with Crippen LogP contribution in [-0.2, 0) is 29.4 Å². The summed E-state index contributed by atoms with van der Waals surface area (Å²) in [5.74, 6) is -1.03. The van der Waals surface area contributed by atoms with E-state index in [4.69, 9.17) is 4.74 Å². The molecule has 0 radical (unpaired) electrons. The number of nitrogens with zero attached hydrogens (tertiary/aromatic N) is 4. The summed E-state index contributed by atoms with van der Waals surface area (Å²) < 4.78 is 7.13. The molecule has 0 spiro atoms. The fraction of sp³-hybridized carbons (Fsp3) is 0.500. The van der Waals surface area contributed by atoms with Gasteiger partial charge in [-0.3, -0.25) is 24.4 Å². The van der Waals surface area contributed by atoms with Crippen molar-refractivity contribution in [3.8, 4) is 0 Å². The molecule has 1 heterocycles. The maximum Gasteiger partial charge on any atom is 0.302 e. The maximum absolute atomic E-state index is 12.8. The molecule has 2 aromatic rings. The molecule has 1 aliphatic carbocycles. The van der Waals surface area contributed by atoms with Crippen LogP contribution in [0.2, 0.25) is 0 Å². The molecule has 2 atom stereocenters. The van der Waals surface area contributed by atoms with E-state index in [-0.39, 0.29) is 11.5 Å². The molecule has 0 aliphatic heterocycles. The Morgan fingerprint density at radius 1 is 1.38 bits per heavy atom. The molecule has 29 heavy (non-hydrogen) atoms. The summed E-state index contributed by atoms with van der Waals surface area (Å²) in [6.45, 7) is 1.33. The summed E-state index contributed by atoms with van der Waals surface area (Å²) in [5, 5.41) is 18.9. The van der Waals surface area contributed by atoms with Crippen molar-refractivity contribution in [2.45, 2.75) is 51.6 Å². The number of rotatable bonds is 9. The van der Waals surface area contributed by atoms with E-state index >= 15 is 0 Å². The highest BCUT2D eigenvalue weighted by Crippen LogP contribution is 2.34. The van der Waals surface area contributed by atoms with Gasteiger partial charge in [-0.05, 0) is 43.7 Å². The van der Waals surface area contributed by atoms with Gasteiger partial charge in [-0.25, -0.2) is 0 Å².